The molecule has 0 bridgehead atoms. The van der Waals surface area contributed by atoms with Gasteiger partial charge in [-0.1, -0.05) is 13.0 Å². The SMILES string of the molecule is CCC(CC(=O)O)c1ccc(NC2CCOC(C)C2)c(Nc2cnc(OC)nc2)c1. The van der Waals surface area contributed by atoms with Gasteiger partial charge in [-0.15, -0.1) is 0 Å². The number of hydrogen-bond donors (Lipinski definition) is 3. The lowest BCUT2D eigenvalue weighted by Gasteiger charge is -2.30. The Balaban J connectivity index is 1.88. The summed E-state index contributed by atoms with van der Waals surface area (Å²) in [7, 11) is 1.52. The quantitative estimate of drug-likeness (QED) is 0.561. The highest BCUT2D eigenvalue weighted by atomic mass is 16.5. The van der Waals surface area contributed by atoms with Crippen LogP contribution in [0.15, 0.2) is 30.6 Å². The Morgan fingerprint density at radius 1 is 1.33 bits per heavy atom. The molecule has 1 fully saturated rings. The van der Waals surface area contributed by atoms with Crippen LogP contribution in [-0.2, 0) is 9.53 Å². The first-order chi connectivity index (χ1) is 14.5. The molecule has 30 heavy (non-hydrogen) atoms. The summed E-state index contributed by atoms with van der Waals surface area (Å²) in [5.41, 5.74) is 3.54. The van der Waals surface area contributed by atoms with Gasteiger partial charge in [-0.2, -0.15) is 0 Å². The van der Waals surface area contributed by atoms with E-state index >= 15 is 0 Å². The minimum Gasteiger partial charge on any atom is -0.481 e. The summed E-state index contributed by atoms with van der Waals surface area (Å²) in [5.74, 6) is -0.842. The second-order valence-electron chi connectivity index (χ2n) is 7.64. The van der Waals surface area contributed by atoms with Gasteiger partial charge in [0.1, 0.15) is 0 Å². The van der Waals surface area contributed by atoms with Crippen molar-refractivity contribution in [2.24, 2.45) is 0 Å². The van der Waals surface area contributed by atoms with Crippen LogP contribution in [0.4, 0.5) is 17.1 Å². The number of carbonyl (C=O) groups is 1. The van der Waals surface area contributed by atoms with Crippen molar-refractivity contribution >= 4 is 23.0 Å². The molecule has 8 nitrogen and oxygen atoms in total. The summed E-state index contributed by atoms with van der Waals surface area (Å²) in [6, 6.07) is 6.67. The van der Waals surface area contributed by atoms with Crippen LogP contribution >= 0.6 is 0 Å². The van der Waals surface area contributed by atoms with Crippen LogP contribution in [0.5, 0.6) is 6.01 Å². The summed E-state index contributed by atoms with van der Waals surface area (Å²) < 4.78 is 10.7. The van der Waals surface area contributed by atoms with Gasteiger partial charge in [-0.3, -0.25) is 4.79 Å². The Kier molecular flexibility index (Phi) is 7.46. The number of hydrogen-bond acceptors (Lipinski definition) is 7. The van der Waals surface area contributed by atoms with Gasteiger partial charge in [0.25, 0.3) is 0 Å². The van der Waals surface area contributed by atoms with Crippen LogP contribution in [0.3, 0.4) is 0 Å². The van der Waals surface area contributed by atoms with Crippen molar-refractivity contribution in [3.63, 3.8) is 0 Å². The Bertz CT molecular complexity index is 844. The van der Waals surface area contributed by atoms with E-state index in [0.717, 1.165) is 48.5 Å². The Morgan fingerprint density at radius 2 is 2.10 bits per heavy atom. The van der Waals surface area contributed by atoms with Crippen molar-refractivity contribution in [2.45, 2.75) is 57.6 Å². The monoisotopic (exact) mass is 414 g/mol. The van der Waals surface area contributed by atoms with E-state index in [4.69, 9.17) is 9.47 Å². The third kappa shape index (κ3) is 5.82. The summed E-state index contributed by atoms with van der Waals surface area (Å²) in [6.07, 6.45) is 6.27. The number of carboxylic acids is 1. The van der Waals surface area contributed by atoms with Crippen LogP contribution in [0.1, 0.15) is 51.0 Å². The number of aliphatic carboxylic acids is 1. The predicted octanol–water partition coefficient (Wildman–Crippen LogP) is 4.18. The van der Waals surface area contributed by atoms with Crippen LogP contribution in [0.2, 0.25) is 0 Å². The normalized spacial score (nSPS) is 19.7. The number of aromatic nitrogens is 2. The summed E-state index contributed by atoms with van der Waals surface area (Å²) in [6.45, 7) is 4.83. The first kappa shape index (κ1) is 21.8. The smallest absolute Gasteiger partial charge is 0.316 e. The highest BCUT2D eigenvalue weighted by Crippen LogP contribution is 2.33. The molecule has 3 rings (SSSR count). The van der Waals surface area contributed by atoms with E-state index in [1.807, 2.05) is 25.1 Å². The average molecular weight is 415 g/mol. The first-order valence-corrected chi connectivity index (χ1v) is 10.4. The molecule has 0 radical (unpaired) electrons. The number of rotatable bonds is 9. The first-order valence-electron chi connectivity index (χ1n) is 10.4. The number of ether oxygens (including phenoxy) is 2. The van der Waals surface area contributed by atoms with Crippen molar-refractivity contribution in [2.75, 3.05) is 24.4 Å². The maximum absolute atomic E-state index is 11.3. The lowest BCUT2D eigenvalue weighted by atomic mass is 9.92. The molecule has 1 saturated heterocycles. The van der Waals surface area contributed by atoms with E-state index in [1.54, 1.807) is 12.4 Å². The number of carboxylic acid groups (broad SMARTS) is 1. The lowest BCUT2D eigenvalue weighted by molar-refractivity contribution is -0.137. The summed E-state index contributed by atoms with van der Waals surface area (Å²) in [4.78, 5) is 19.6. The molecule has 1 aromatic heterocycles. The van der Waals surface area contributed by atoms with Gasteiger partial charge >= 0.3 is 12.0 Å². The fourth-order valence-electron chi connectivity index (χ4n) is 3.74. The lowest BCUT2D eigenvalue weighted by Crippen LogP contribution is -2.32. The molecule has 3 atom stereocenters. The standard InChI is InChI=1S/C22H30N4O4/c1-4-15(11-21(27)28)16-5-6-19(25-17-7-8-30-14(2)9-17)20(10-16)26-18-12-23-22(29-3)24-13-18/h5-6,10,12-15,17,25-26H,4,7-9,11H2,1-3H3,(H,27,28). The number of anilines is 3. The van der Waals surface area contributed by atoms with Crippen molar-refractivity contribution in [3.05, 3.63) is 36.2 Å². The molecule has 0 spiro atoms. The predicted molar refractivity (Wildman–Crippen MR) is 116 cm³/mol. The number of benzene rings is 1. The molecular weight excluding hydrogens is 384 g/mol. The molecular formula is C22H30N4O4. The second kappa shape index (κ2) is 10.2. The van der Waals surface area contributed by atoms with E-state index in [2.05, 4.69) is 27.5 Å². The molecule has 1 aromatic carbocycles. The van der Waals surface area contributed by atoms with Crippen LogP contribution in [0.25, 0.3) is 0 Å². The van der Waals surface area contributed by atoms with E-state index < -0.39 is 5.97 Å². The third-order valence-electron chi connectivity index (χ3n) is 5.36. The maximum atomic E-state index is 11.3. The number of nitrogens with zero attached hydrogens (tertiary/aromatic N) is 2. The van der Waals surface area contributed by atoms with Gasteiger partial charge in [0, 0.05) is 12.6 Å². The maximum Gasteiger partial charge on any atom is 0.316 e. The minimum absolute atomic E-state index is 0.0488. The fourth-order valence-corrected chi connectivity index (χ4v) is 3.74. The van der Waals surface area contributed by atoms with Crippen LogP contribution in [-0.4, -0.2) is 46.9 Å². The molecule has 1 aliphatic heterocycles. The zero-order valence-electron chi connectivity index (χ0n) is 17.7. The van der Waals surface area contributed by atoms with E-state index in [0.29, 0.717) is 12.1 Å². The summed E-state index contributed by atoms with van der Waals surface area (Å²) in [5, 5.41) is 16.3. The van der Waals surface area contributed by atoms with Gasteiger partial charge in [0.2, 0.25) is 0 Å². The topological polar surface area (TPSA) is 106 Å². The highest BCUT2D eigenvalue weighted by Gasteiger charge is 2.21. The fraction of sp³-hybridized carbons (Fsp3) is 0.500. The zero-order valence-corrected chi connectivity index (χ0v) is 17.7. The Hall–Kier alpha value is -2.87. The molecule has 0 amide bonds. The van der Waals surface area contributed by atoms with Gasteiger partial charge in [-0.25, -0.2) is 9.97 Å². The molecule has 3 unspecified atom stereocenters. The molecule has 1 aliphatic rings. The van der Waals surface area contributed by atoms with E-state index in [1.165, 1.54) is 7.11 Å². The zero-order chi connectivity index (χ0) is 21.5. The average Bonchev–Trinajstić information content (AvgIpc) is 2.74. The molecule has 162 valence electrons. The van der Waals surface area contributed by atoms with Crippen LogP contribution in [0, 0.1) is 0 Å². The Labute approximate surface area is 177 Å². The third-order valence-corrected chi connectivity index (χ3v) is 5.36. The molecule has 2 aromatic rings. The van der Waals surface area contributed by atoms with Gasteiger partial charge in [-0.05, 0) is 49.8 Å². The molecule has 0 aliphatic carbocycles. The van der Waals surface area contributed by atoms with Crippen molar-refractivity contribution < 1.29 is 19.4 Å². The molecule has 0 saturated carbocycles. The van der Waals surface area contributed by atoms with Gasteiger partial charge < -0.3 is 25.2 Å². The van der Waals surface area contributed by atoms with Crippen molar-refractivity contribution in [1.82, 2.24) is 9.97 Å². The largest absolute Gasteiger partial charge is 0.481 e. The highest BCUT2D eigenvalue weighted by molar-refractivity contribution is 5.76. The molecule has 2 heterocycles. The Morgan fingerprint density at radius 3 is 2.73 bits per heavy atom. The summed E-state index contributed by atoms with van der Waals surface area (Å²) >= 11 is 0. The van der Waals surface area contributed by atoms with E-state index in [-0.39, 0.29) is 18.4 Å². The second-order valence-corrected chi connectivity index (χ2v) is 7.64. The number of nitrogens with one attached hydrogen (secondary N) is 2. The van der Waals surface area contributed by atoms with E-state index in [9.17, 15) is 9.90 Å². The minimum atomic E-state index is -0.793. The van der Waals surface area contributed by atoms with Crippen molar-refractivity contribution in [3.8, 4) is 6.01 Å². The van der Waals surface area contributed by atoms with Crippen LogP contribution < -0.4 is 15.4 Å². The number of methoxy groups -OCH3 is 1. The van der Waals surface area contributed by atoms with Gasteiger partial charge in [0.05, 0.1) is 49.1 Å². The van der Waals surface area contributed by atoms with Crippen molar-refractivity contribution in [1.29, 1.82) is 0 Å². The molecule has 3 N–H and O–H groups in total. The molecule has 8 heteroatoms. The van der Waals surface area contributed by atoms with Gasteiger partial charge in [0.15, 0.2) is 0 Å².